The Balaban J connectivity index is 0.000000191. The summed E-state index contributed by atoms with van der Waals surface area (Å²) in [6.45, 7) is 35.3. The molecule has 8 aliphatic rings. The maximum Gasteiger partial charge on any atom is 0.0113 e. The van der Waals surface area contributed by atoms with Crippen molar-refractivity contribution in [2.75, 3.05) is 105 Å². The van der Waals surface area contributed by atoms with Gasteiger partial charge in [0.05, 0.1) is 0 Å². The van der Waals surface area contributed by atoms with E-state index in [1.807, 2.05) is 0 Å². The van der Waals surface area contributed by atoms with Crippen molar-refractivity contribution in [3.05, 3.63) is 0 Å². The van der Waals surface area contributed by atoms with Gasteiger partial charge in [-0.1, -0.05) is 27.2 Å². The quantitative estimate of drug-likeness (QED) is 0.428. The second-order valence-corrected chi connectivity index (χ2v) is 15.1. The zero-order valence-corrected chi connectivity index (χ0v) is 28.4. The summed E-state index contributed by atoms with van der Waals surface area (Å²) >= 11 is 0. The topological polar surface area (TPSA) is 19.4 Å². The molecule has 6 nitrogen and oxygen atoms in total. The Morgan fingerprint density at radius 1 is 0.634 bits per heavy atom. The average molecular weight is 575 g/mol. The van der Waals surface area contributed by atoms with Crippen molar-refractivity contribution in [1.82, 2.24) is 29.4 Å². The number of nitrogens with zero attached hydrogens (tertiary/aromatic N) is 6. The predicted octanol–water partition coefficient (Wildman–Crippen LogP) is 4.90. The second-order valence-electron chi connectivity index (χ2n) is 15.1. The summed E-state index contributed by atoms with van der Waals surface area (Å²) in [5.74, 6) is 3.65. The third-order valence-electron chi connectivity index (χ3n) is 11.9. The molecule has 0 aromatic heterocycles. The van der Waals surface area contributed by atoms with Crippen LogP contribution in [0.25, 0.3) is 0 Å². The molecule has 3 atom stereocenters. The zero-order valence-electron chi connectivity index (χ0n) is 28.4. The highest BCUT2D eigenvalue weighted by Gasteiger charge is 2.29. The molecule has 8 aliphatic heterocycles. The lowest BCUT2D eigenvalue weighted by molar-refractivity contribution is 0.0802. The third kappa shape index (κ3) is 11.0. The van der Waals surface area contributed by atoms with E-state index in [2.05, 4.69) is 70.9 Å². The third-order valence-corrected chi connectivity index (χ3v) is 11.9. The van der Waals surface area contributed by atoms with Crippen LogP contribution in [0.1, 0.15) is 86.5 Å². The van der Waals surface area contributed by atoms with Gasteiger partial charge >= 0.3 is 0 Å². The maximum atomic E-state index is 2.76. The van der Waals surface area contributed by atoms with E-state index in [4.69, 9.17) is 0 Å². The van der Waals surface area contributed by atoms with Gasteiger partial charge in [-0.3, -0.25) is 4.90 Å². The molecule has 41 heavy (non-hydrogen) atoms. The minimum Gasteiger partial charge on any atom is -0.303 e. The van der Waals surface area contributed by atoms with Crippen LogP contribution >= 0.6 is 0 Å². The first kappa shape index (κ1) is 33.6. The molecule has 8 rings (SSSR count). The Kier molecular flexibility index (Phi) is 14.2. The summed E-state index contributed by atoms with van der Waals surface area (Å²) in [5.41, 5.74) is 0. The molecule has 0 N–H and O–H groups in total. The normalized spacial score (nSPS) is 35.8. The summed E-state index contributed by atoms with van der Waals surface area (Å²) in [7, 11) is 0. The fourth-order valence-electron chi connectivity index (χ4n) is 7.92. The van der Waals surface area contributed by atoms with Gasteiger partial charge in [0.25, 0.3) is 0 Å². The van der Waals surface area contributed by atoms with Crippen molar-refractivity contribution in [3.63, 3.8) is 0 Å². The van der Waals surface area contributed by atoms with Crippen LogP contribution in [-0.2, 0) is 0 Å². The summed E-state index contributed by atoms with van der Waals surface area (Å²) in [4.78, 5) is 16.2. The molecule has 0 saturated carbocycles. The van der Waals surface area contributed by atoms with Gasteiger partial charge in [-0.25, -0.2) is 0 Å². The molecular weight excluding hydrogens is 504 g/mol. The van der Waals surface area contributed by atoms with Crippen LogP contribution in [-0.4, -0.2) is 146 Å². The van der Waals surface area contributed by atoms with Crippen LogP contribution in [0, 0.1) is 23.7 Å². The standard InChI is InChI=1S/C19H39N3.C16H31N3/c1-5-18(4)6-9-20-10-7-19(8-11-20)16-21-12-14-22(15-13-21)17(2)3;1-14-3-6-17-9-11-18(12-10-17)13-16-4-7-19(8-5-16)15(14)2/h17-19H,5-16H2,1-4H3;14-16H,3-13H2,1-2H3. The Morgan fingerprint density at radius 2 is 1.27 bits per heavy atom. The molecule has 240 valence electrons. The summed E-state index contributed by atoms with van der Waals surface area (Å²) < 4.78 is 0. The van der Waals surface area contributed by atoms with Gasteiger partial charge in [0.15, 0.2) is 0 Å². The van der Waals surface area contributed by atoms with E-state index in [1.54, 1.807) is 0 Å². The van der Waals surface area contributed by atoms with E-state index in [1.165, 1.54) is 150 Å². The van der Waals surface area contributed by atoms with Crippen LogP contribution < -0.4 is 0 Å². The molecule has 0 radical (unpaired) electrons. The molecule has 0 amide bonds. The first-order valence-corrected chi connectivity index (χ1v) is 18.2. The summed E-state index contributed by atoms with van der Waals surface area (Å²) in [6.07, 6.45) is 9.79. The summed E-state index contributed by atoms with van der Waals surface area (Å²) in [6, 6.07) is 1.50. The number of piperazine rings is 2. The van der Waals surface area contributed by atoms with E-state index < -0.39 is 0 Å². The fraction of sp³-hybridized carbons (Fsp3) is 1.00. The molecule has 6 heteroatoms. The molecule has 0 aromatic carbocycles. The number of rotatable bonds is 7. The number of piperidine rings is 2. The smallest absolute Gasteiger partial charge is 0.0113 e. The van der Waals surface area contributed by atoms with E-state index in [0.29, 0.717) is 0 Å². The van der Waals surface area contributed by atoms with E-state index in [-0.39, 0.29) is 0 Å². The SMILES string of the molecule is CC1CCN2CCN(CC2)CC2CCN(CC2)C1C.CCC(C)CCN1CCC(CN2CCN(C(C)C)CC2)CC1. The van der Waals surface area contributed by atoms with E-state index in [0.717, 1.165) is 35.8 Å². The van der Waals surface area contributed by atoms with Crippen molar-refractivity contribution in [2.45, 2.75) is 98.6 Å². The average Bonchev–Trinajstić information content (AvgIpc) is 3.02. The number of hydrogen-bond donors (Lipinski definition) is 0. The van der Waals surface area contributed by atoms with Crippen LogP contribution in [0.3, 0.4) is 0 Å². The number of hydrogen-bond acceptors (Lipinski definition) is 6. The largest absolute Gasteiger partial charge is 0.303 e. The van der Waals surface area contributed by atoms with Crippen molar-refractivity contribution < 1.29 is 0 Å². The number of likely N-dealkylation sites (tertiary alicyclic amines) is 1. The van der Waals surface area contributed by atoms with Crippen LogP contribution in [0.4, 0.5) is 0 Å². The Morgan fingerprint density at radius 3 is 1.88 bits per heavy atom. The summed E-state index contributed by atoms with van der Waals surface area (Å²) in [5, 5.41) is 0. The minimum atomic E-state index is 0.718. The highest BCUT2D eigenvalue weighted by atomic mass is 15.3. The predicted molar refractivity (Wildman–Crippen MR) is 177 cm³/mol. The van der Waals surface area contributed by atoms with Gasteiger partial charge in [-0.2, -0.15) is 0 Å². The van der Waals surface area contributed by atoms with Gasteiger partial charge in [-0.15, -0.1) is 0 Å². The Bertz CT molecular complexity index is 685. The highest BCUT2D eigenvalue weighted by molar-refractivity contribution is 4.84. The maximum absolute atomic E-state index is 2.76. The molecular formula is C35H70N6. The lowest BCUT2D eigenvalue weighted by Gasteiger charge is -2.40. The van der Waals surface area contributed by atoms with E-state index in [9.17, 15) is 0 Å². The van der Waals surface area contributed by atoms with Gasteiger partial charge in [-0.05, 0) is 122 Å². The Hall–Kier alpha value is -0.240. The first-order chi connectivity index (χ1) is 19.8. The molecule has 0 aromatic rings. The molecule has 0 aliphatic carbocycles. The monoisotopic (exact) mass is 575 g/mol. The lowest BCUT2D eigenvalue weighted by atomic mass is 9.92. The molecule has 8 heterocycles. The fourth-order valence-corrected chi connectivity index (χ4v) is 7.92. The molecule has 8 fully saturated rings. The van der Waals surface area contributed by atoms with Crippen LogP contribution in [0.5, 0.6) is 0 Å². The van der Waals surface area contributed by atoms with Gasteiger partial charge in [0.1, 0.15) is 0 Å². The van der Waals surface area contributed by atoms with Crippen LogP contribution in [0.2, 0.25) is 0 Å². The van der Waals surface area contributed by atoms with Crippen molar-refractivity contribution in [1.29, 1.82) is 0 Å². The highest BCUT2D eigenvalue weighted by Crippen LogP contribution is 2.25. The molecule has 0 spiro atoms. The van der Waals surface area contributed by atoms with E-state index >= 15 is 0 Å². The van der Waals surface area contributed by atoms with Crippen molar-refractivity contribution in [2.24, 2.45) is 23.7 Å². The Labute approximate surface area is 256 Å². The van der Waals surface area contributed by atoms with Crippen LogP contribution in [0.15, 0.2) is 0 Å². The molecule has 8 saturated heterocycles. The zero-order chi connectivity index (χ0) is 29.2. The minimum absolute atomic E-state index is 0.718. The lowest BCUT2D eigenvalue weighted by Crippen LogP contribution is -2.50. The van der Waals surface area contributed by atoms with Gasteiger partial charge in [0.2, 0.25) is 0 Å². The molecule has 3 unspecified atom stereocenters. The second kappa shape index (κ2) is 17.3. The van der Waals surface area contributed by atoms with Gasteiger partial charge < -0.3 is 24.5 Å². The van der Waals surface area contributed by atoms with Gasteiger partial charge in [0, 0.05) is 77.5 Å². The molecule has 4 bridgehead atoms. The van der Waals surface area contributed by atoms with Crippen molar-refractivity contribution in [3.8, 4) is 0 Å². The first-order valence-electron chi connectivity index (χ1n) is 18.2. The van der Waals surface area contributed by atoms with Crippen molar-refractivity contribution >= 4 is 0 Å².